The fourth-order valence-electron chi connectivity index (χ4n) is 1.58. The summed E-state index contributed by atoms with van der Waals surface area (Å²) in [6.45, 7) is -0.0767. The first kappa shape index (κ1) is 13.8. The van der Waals surface area contributed by atoms with E-state index in [1.807, 2.05) is 0 Å². The number of carbonyl (C=O) groups is 1. The molecule has 2 nitrogen and oxygen atoms in total. The van der Waals surface area contributed by atoms with Gasteiger partial charge in [-0.3, -0.25) is 4.79 Å². The van der Waals surface area contributed by atoms with Crippen LogP contribution >= 0.6 is 23.2 Å². The maximum Gasteiger partial charge on any atom is 0.155 e. The van der Waals surface area contributed by atoms with Gasteiger partial charge >= 0.3 is 0 Å². The van der Waals surface area contributed by atoms with Gasteiger partial charge in [0.1, 0.15) is 18.2 Å². The second kappa shape index (κ2) is 6.04. The van der Waals surface area contributed by atoms with E-state index < -0.39 is 5.82 Å². The quantitative estimate of drug-likeness (QED) is 0.776. The van der Waals surface area contributed by atoms with E-state index in [9.17, 15) is 9.18 Å². The van der Waals surface area contributed by atoms with Crippen LogP contribution in [0.5, 0.6) is 5.75 Å². The average molecular weight is 299 g/mol. The van der Waals surface area contributed by atoms with Crippen molar-refractivity contribution < 1.29 is 13.9 Å². The molecule has 0 atom stereocenters. The second-order valence-corrected chi connectivity index (χ2v) is 4.57. The topological polar surface area (TPSA) is 26.3 Å². The third kappa shape index (κ3) is 3.06. The van der Waals surface area contributed by atoms with E-state index in [4.69, 9.17) is 27.9 Å². The lowest BCUT2D eigenvalue weighted by molar-refractivity contribution is 0.111. The van der Waals surface area contributed by atoms with Gasteiger partial charge in [-0.1, -0.05) is 35.3 Å². The molecular formula is C14H9Cl2FO2. The van der Waals surface area contributed by atoms with Gasteiger partial charge < -0.3 is 4.74 Å². The van der Waals surface area contributed by atoms with Crippen LogP contribution in [-0.4, -0.2) is 6.29 Å². The summed E-state index contributed by atoms with van der Waals surface area (Å²) in [7, 11) is 0. The summed E-state index contributed by atoms with van der Waals surface area (Å²) in [4.78, 5) is 10.9. The third-order valence-electron chi connectivity index (χ3n) is 2.56. The monoisotopic (exact) mass is 298 g/mol. The number of halogens is 3. The van der Waals surface area contributed by atoms with Crippen LogP contribution in [0, 0.1) is 5.82 Å². The minimum atomic E-state index is -0.456. The second-order valence-electron chi connectivity index (χ2n) is 3.76. The molecule has 2 rings (SSSR count). The maximum absolute atomic E-state index is 13.6. The molecule has 0 bridgehead atoms. The Morgan fingerprint density at radius 1 is 1.11 bits per heavy atom. The van der Waals surface area contributed by atoms with Crippen molar-refractivity contribution in [3.8, 4) is 5.75 Å². The molecular weight excluding hydrogens is 290 g/mol. The van der Waals surface area contributed by atoms with Gasteiger partial charge in [0.2, 0.25) is 0 Å². The smallest absolute Gasteiger partial charge is 0.155 e. The summed E-state index contributed by atoms with van der Waals surface area (Å²) in [5, 5.41) is 0.557. The number of aldehydes is 1. The first-order valence-corrected chi connectivity index (χ1v) is 6.18. The van der Waals surface area contributed by atoms with Gasteiger partial charge in [0.15, 0.2) is 6.29 Å². The Kier molecular flexibility index (Phi) is 4.40. The Bertz CT molecular complexity index is 594. The molecule has 0 unspecified atom stereocenters. The molecule has 0 heterocycles. The molecule has 0 radical (unpaired) electrons. The van der Waals surface area contributed by atoms with Crippen molar-refractivity contribution in [2.45, 2.75) is 6.61 Å². The summed E-state index contributed by atoms with van der Waals surface area (Å²) in [5.41, 5.74) is 0.470. The molecule has 2 aromatic carbocycles. The number of rotatable bonds is 4. The number of ether oxygens (including phenoxy) is 1. The summed E-state index contributed by atoms with van der Waals surface area (Å²) < 4.78 is 19.0. The number of hydrogen-bond donors (Lipinski definition) is 0. The molecule has 0 saturated carbocycles. The molecule has 0 aliphatic carbocycles. The van der Waals surface area contributed by atoms with Gasteiger partial charge in [0, 0.05) is 5.56 Å². The van der Waals surface area contributed by atoms with Crippen molar-refractivity contribution in [1.29, 1.82) is 0 Å². The van der Waals surface area contributed by atoms with E-state index in [1.54, 1.807) is 24.3 Å². The molecule has 0 amide bonds. The molecule has 0 spiro atoms. The first-order valence-electron chi connectivity index (χ1n) is 5.43. The predicted octanol–water partition coefficient (Wildman–Crippen LogP) is 4.52. The van der Waals surface area contributed by atoms with Crippen molar-refractivity contribution in [2.24, 2.45) is 0 Å². The Labute approximate surface area is 119 Å². The highest BCUT2D eigenvalue weighted by molar-refractivity contribution is 6.33. The SMILES string of the molecule is O=Cc1c(Cl)cccc1OCc1c(F)cccc1Cl. The van der Waals surface area contributed by atoms with E-state index >= 15 is 0 Å². The lowest BCUT2D eigenvalue weighted by atomic mass is 10.2. The van der Waals surface area contributed by atoms with Gasteiger partial charge in [-0.15, -0.1) is 0 Å². The van der Waals surface area contributed by atoms with Gasteiger partial charge in [-0.25, -0.2) is 4.39 Å². The molecule has 0 aromatic heterocycles. The van der Waals surface area contributed by atoms with Crippen LogP contribution in [0.15, 0.2) is 36.4 Å². The molecule has 0 fully saturated rings. The van der Waals surface area contributed by atoms with Crippen LogP contribution in [0.2, 0.25) is 10.0 Å². The Morgan fingerprint density at radius 3 is 2.47 bits per heavy atom. The predicted molar refractivity (Wildman–Crippen MR) is 72.6 cm³/mol. The maximum atomic E-state index is 13.6. The van der Waals surface area contributed by atoms with Gasteiger partial charge in [-0.05, 0) is 24.3 Å². The van der Waals surface area contributed by atoms with E-state index in [-0.39, 0.29) is 27.8 Å². The molecule has 0 saturated heterocycles. The zero-order chi connectivity index (χ0) is 13.8. The van der Waals surface area contributed by atoms with Crippen molar-refractivity contribution >= 4 is 29.5 Å². The van der Waals surface area contributed by atoms with Crippen LogP contribution < -0.4 is 4.74 Å². The normalized spacial score (nSPS) is 10.3. The van der Waals surface area contributed by atoms with Gasteiger partial charge in [0.05, 0.1) is 15.6 Å². The van der Waals surface area contributed by atoms with Crippen LogP contribution in [0.3, 0.4) is 0 Å². The lowest BCUT2D eigenvalue weighted by Crippen LogP contribution is -2.01. The Morgan fingerprint density at radius 2 is 1.79 bits per heavy atom. The minimum Gasteiger partial charge on any atom is -0.488 e. The molecule has 5 heteroatoms. The highest BCUT2D eigenvalue weighted by atomic mass is 35.5. The van der Waals surface area contributed by atoms with Crippen LogP contribution in [0.1, 0.15) is 15.9 Å². The molecule has 0 aliphatic heterocycles. The highest BCUT2D eigenvalue weighted by Crippen LogP contribution is 2.27. The average Bonchev–Trinajstić information content (AvgIpc) is 2.38. The Hall–Kier alpha value is -1.58. The molecule has 0 aliphatic rings. The van der Waals surface area contributed by atoms with E-state index in [0.29, 0.717) is 12.0 Å². The summed E-state index contributed by atoms with van der Waals surface area (Å²) in [5.74, 6) is -0.163. The van der Waals surface area contributed by atoms with E-state index in [0.717, 1.165) is 0 Å². The molecule has 2 aromatic rings. The number of benzene rings is 2. The molecule has 19 heavy (non-hydrogen) atoms. The van der Waals surface area contributed by atoms with Crippen molar-refractivity contribution in [1.82, 2.24) is 0 Å². The van der Waals surface area contributed by atoms with Crippen LogP contribution in [0.4, 0.5) is 4.39 Å². The zero-order valence-corrected chi connectivity index (χ0v) is 11.2. The van der Waals surface area contributed by atoms with Gasteiger partial charge in [-0.2, -0.15) is 0 Å². The fraction of sp³-hybridized carbons (Fsp3) is 0.0714. The van der Waals surface area contributed by atoms with Crippen molar-refractivity contribution in [2.75, 3.05) is 0 Å². The lowest BCUT2D eigenvalue weighted by Gasteiger charge is -2.11. The minimum absolute atomic E-state index is 0.0767. The van der Waals surface area contributed by atoms with Crippen LogP contribution in [-0.2, 0) is 6.61 Å². The first-order chi connectivity index (χ1) is 9.13. The third-order valence-corrected chi connectivity index (χ3v) is 3.25. The van der Waals surface area contributed by atoms with Crippen molar-refractivity contribution in [3.05, 3.63) is 63.4 Å². The molecule has 98 valence electrons. The highest BCUT2D eigenvalue weighted by Gasteiger charge is 2.11. The number of carbonyl (C=O) groups excluding carboxylic acids is 1. The summed E-state index contributed by atoms with van der Waals surface area (Å²) in [6.07, 6.45) is 0.598. The number of hydrogen-bond acceptors (Lipinski definition) is 2. The van der Waals surface area contributed by atoms with Crippen molar-refractivity contribution in [3.63, 3.8) is 0 Å². The van der Waals surface area contributed by atoms with Gasteiger partial charge in [0.25, 0.3) is 0 Å². The summed E-state index contributed by atoms with van der Waals surface area (Å²) in [6, 6.07) is 9.19. The molecule has 0 N–H and O–H groups in total. The summed E-state index contributed by atoms with van der Waals surface area (Å²) >= 11 is 11.7. The Balaban J connectivity index is 2.24. The zero-order valence-electron chi connectivity index (χ0n) is 9.70. The van der Waals surface area contributed by atoms with Crippen LogP contribution in [0.25, 0.3) is 0 Å². The standard InChI is InChI=1S/C14H9Cl2FO2/c15-11-4-2-6-14(9(11)7-18)19-8-10-12(16)3-1-5-13(10)17/h1-7H,8H2. The van der Waals surface area contributed by atoms with E-state index in [1.165, 1.54) is 12.1 Å². The largest absolute Gasteiger partial charge is 0.488 e. The fourth-order valence-corrected chi connectivity index (χ4v) is 2.01. The van der Waals surface area contributed by atoms with E-state index in [2.05, 4.69) is 0 Å².